The van der Waals surface area contributed by atoms with Crippen molar-refractivity contribution in [1.82, 2.24) is 9.78 Å². The van der Waals surface area contributed by atoms with Gasteiger partial charge in [0.1, 0.15) is 0 Å². The summed E-state index contributed by atoms with van der Waals surface area (Å²) >= 11 is 0. The van der Waals surface area contributed by atoms with Gasteiger partial charge in [0.05, 0.1) is 11.8 Å². The molecule has 18 heavy (non-hydrogen) atoms. The maximum Gasteiger partial charge on any atom is 0.389 e. The Bertz CT molecular complexity index is 399. The van der Waals surface area contributed by atoms with Crippen LogP contribution in [0.1, 0.15) is 36.2 Å². The SMILES string of the molecule is Cc1nn(C)c(C)c1CC(O)CCCC(F)(F)F. The summed E-state index contributed by atoms with van der Waals surface area (Å²) in [5, 5.41) is 14.0. The molecule has 6 heteroatoms. The summed E-state index contributed by atoms with van der Waals surface area (Å²) < 4.78 is 37.6. The van der Waals surface area contributed by atoms with Gasteiger partial charge in [-0.1, -0.05) is 0 Å². The van der Waals surface area contributed by atoms with Crippen LogP contribution in [0, 0.1) is 13.8 Å². The van der Waals surface area contributed by atoms with E-state index in [2.05, 4.69) is 5.10 Å². The van der Waals surface area contributed by atoms with Gasteiger partial charge in [0, 0.05) is 25.6 Å². The average Bonchev–Trinajstić information content (AvgIpc) is 2.43. The van der Waals surface area contributed by atoms with Crippen LogP contribution in [0.2, 0.25) is 0 Å². The lowest BCUT2D eigenvalue weighted by atomic mass is 10.0. The first-order valence-corrected chi connectivity index (χ1v) is 5.94. The number of halogens is 3. The quantitative estimate of drug-likeness (QED) is 0.888. The second kappa shape index (κ2) is 5.73. The van der Waals surface area contributed by atoms with Crippen molar-refractivity contribution in [3.8, 4) is 0 Å². The van der Waals surface area contributed by atoms with Gasteiger partial charge >= 0.3 is 6.18 Å². The lowest BCUT2D eigenvalue weighted by molar-refractivity contribution is -0.136. The topological polar surface area (TPSA) is 38.0 Å². The average molecular weight is 264 g/mol. The van der Waals surface area contributed by atoms with Crippen molar-refractivity contribution < 1.29 is 18.3 Å². The standard InChI is InChI=1S/C12H19F3N2O/c1-8-11(9(2)17(3)16-8)7-10(18)5-4-6-12(13,14)15/h10,18H,4-7H2,1-3H3. The van der Waals surface area contributed by atoms with Crippen LogP contribution in [0.4, 0.5) is 13.2 Å². The predicted octanol–water partition coefficient (Wildman–Crippen LogP) is 2.67. The molecule has 0 bridgehead atoms. The maximum atomic E-state index is 12.0. The minimum absolute atomic E-state index is 0.0387. The number of nitrogens with zero attached hydrogens (tertiary/aromatic N) is 2. The Hall–Kier alpha value is -1.04. The lowest BCUT2D eigenvalue weighted by Crippen LogP contribution is -2.14. The van der Waals surface area contributed by atoms with Crippen molar-refractivity contribution in [2.75, 3.05) is 0 Å². The number of hydrogen-bond donors (Lipinski definition) is 1. The third-order valence-corrected chi connectivity index (χ3v) is 3.10. The summed E-state index contributed by atoms with van der Waals surface area (Å²) in [7, 11) is 1.81. The lowest BCUT2D eigenvalue weighted by Gasteiger charge is -2.12. The number of aliphatic hydroxyl groups is 1. The van der Waals surface area contributed by atoms with Crippen LogP contribution < -0.4 is 0 Å². The first-order valence-electron chi connectivity index (χ1n) is 5.94. The van der Waals surface area contributed by atoms with Gasteiger partial charge in [-0.2, -0.15) is 18.3 Å². The van der Waals surface area contributed by atoms with Crippen molar-refractivity contribution in [2.45, 2.75) is 51.8 Å². The van der Waals surface area contributed by atoms with Gasteiger partial charge in [-0.05, 0) is 32.3 Å². The molecule has 0 aliphatic heterocycles. The second-order valence-electron chi connectivity index (χ2n) is 4.64. The van der Waals surface area contributed by atoms with Gasteiger partial charge in [-0.15, -0.1) is 0 Å². The Morgan fingerprint density at radius 3 is 2.39 bits per heavy atom. The van der Waals surface area contributed by atoms with Crippen LogP contribution >= 0.6 is 0 Å². The predicted molar refractivity (Wildman–Crippen MR) is 62.3 cm³/mol. The molecule has 0 aromatic carbocycles. The number of aromatic nitrogens is 2. The fourth-order valence-corrected chi connectivity index (χ4v) is 1.99. The largest absolute Gasteiger partial charge is 0.393 e. The highest BCUT2D eigenvalue weighted by Gasteiger charge is 2.26. The van der Waals surface area contributed by atoms with Crippen LogP contribution in [0.5, 0.6) is 0 Å². The number of alkyl halides is 3. The summed E-state index contributed by atoms with van der Waals surface area (Å²) in [6, 6.07) is 0. The monoisotopic (exact) mass is 264 g/mol. The van der Waals surface area contributed by atoms with Crippen molar-refractivity contribution in [3.63, 3.8) is 0 Å². The molecule has 1 aromatic rings. The Balaban J connectivity index is 2.47. The highest BCUT2D eigenvalue weighted by atomic mass is 19.4. The van der Waals surface area contributed by atoms with E-state index in [1.807, 2.05) is 20.9 Å². The summed E-state index contributed by atoms with van der Waals surface area (Å²) in [5.41, 5.74) is 2.70. The molecule has 0 aliphatic carbocycles. The summed E-state index contributed by atoms with van der Waals surface area (Å²) in [6.45, 7) is 3.72. The molecule has 1 rings (SSSR count). The van der Waals surface area contributed by atoms with E-state index in [9.17, 15) is 18.3 Å². The molecule has 0 saturated heterocycles. The Morgan fingerprint density at radius 1 is 1.33 bits per heavy atom. The van der Waals surface area contributed by atoms with Gasteiger partial charge in [0.25, 0.3) is 0 Å². The Morgan fingerprint density at radius 2 is 1.94 bits per heavy atom. The van der Waals surface area contributed by atoms with E-state index < -0.39 is 18.7 Å². The molecule has 1 atom stereocenters. The van der Waals surface area contributed by atoms with E-state index >= 15 is 0 Å². The second-order valence-corrected chi connectivity index (χ2v) is 4.64. The molecule has 1 aromatic heterocycles. The highest BCUT2D eigenvalue weighted by Crippen LogP contribution is 2.23. The van der Waals surface area contributed by atoms with E-state index in [0.29, 0.717) is 6.42 Å². The molecule has 0 amide bonds. The molecule has 0 spiro atoms. The molecule has 1 unspecified atom stereocenters. The molecule has 0 aliphatic rings. The molecule has 1 N–H and O–H groups in total. The molecule has 0 saturated carbocycles. The third-order valence-electron chi connectivity index (χ3n) is 3.10. The zero-order valence-electron chi connectivity index (χ0n) is 10.9. The molecular weight excluding hydrogens is 245 g/mol. The molecule has 3 nitrogen and oxygen atoms in total. The maximum absolute atomic E-state index is 12.0. The molecule has 104 valence electrons. The zero-order chi connectivity index (χ0) is 13.9. The molecule has 1 heterocycles. The van der Waals surface area contributed by atoms with Crippen molar-refractivity contribution in [3.05, 3.63) is 17.0 Å². The highest BCUT2D eigenvalue weighted by molar-refractivity contribution is 5.24. The van der Waals surface area contributed by atoms with Gasteiger partial charge in [-0.25, -0.2) is 0 Å². The fourth-order valence-electron chi connectivity index (χ4n) is 1.99. The van der Waals surface area contributed by atoms with Gasteiger partial charge < -0.3 is 5.11 Å². The van der Waals surface area contributed by atoms with E-state index in [1.165, 1.54) is 0 Å². The molecular formula is C12H19F3N2O. The first kappa shape index (κ1) is 15.0. The minimum atomic E-state index is -4.14. The van der Waals surface area contributed by atoms with Crippen LogP contribution in [0.25, 0.3) is 0 Å². The Labute approximate surface area is 105 Å². The van der Waals surface area contributed by atoms with Crippen molar-refractivity contribution in [2.24, 2.45) is 7.05 Å². The van der Waals surface area contributed by atoms with Gasteiger partial charge in [0.2, 0.25) is 0 Å². The van der Waals surface area contributed by atoms with E-state index in [1.54, 1.807) is 4.68 Å². The minimum Gasteiger partial charge on any atom is -0.393 e. The molecule has 0 radical (unpaired) electrons. The van der Waals surface area contributed by atoms with E-state index in [-0.39, 0.29) is 12.8 Å². The zero-order valence-corrected chi connectivity index (χ0v) is 10.9. The number of aliphatic hydroxyl groups excluding tert-OH is 1. The van der Waals surface area contributed by atoms with Crippen molar-refractivity contribution >= 4 is 0 Å². The first-order chi connectivity index (χ1) is 8.20. The number of aryl methyl sites for hydroxylation is 2. The van der Waals surface area contributed by atoms with E-state index in [0.717, 1.165) is 17.0 Å². The summed E-state index contributed by atoms with van der Waals surface area (Å²) in [4.78, 5) is 0. The van der Waals surface area contributed by atoms with E-state index in [4.69, 9.17) is 0 Å². The van der Waals surface area contributed by atoms with Crippen LogP contribution in [-0.4, -0.2) is 27.2 Å². The van der Waals surface area contributed by atoms with Gasteiger partial charge in [-0.3, -0.25) is 4.68 Å². The number of hydrogen-bond acceptors (Lipinski definition) is 2. The molecule has 0 fully saturated rings. The summed E-state index contributed by atoms with van der Waals surface area (Å²) in [6.07, 6.45) is -5.23. The normalized spacial score (nSPS) is 13.9. The fraction of sp³-hybridized carbons (Fsp3) is 0.750. The Kier molecular flexibility index (Phi) is 4.78. The third kappa shape index (κ3) is 4.33. The summed E-state index contributed by atoms with van der Waals surface area (Å²) in [5.74, 6) is 0. The van der Waals surface area contributed by atoms with Crippen molar-refractivity contribution in [1.29, 1.82) is 0 Å². The van der Waals surface area contributed by atoms with Crippen LogP contribution in [0.3, 0.4) is 0 Å². The van der Waals surface area contributed by atoms with Crippen LogP contribution in [-0.2, 0) is 13.5 Å². The van der Waals surface area contributed by atoms with Crippen LogP contribution in [0.15, 0.2) is 0 Å². The smallest absolute Gasteiger partial charge is 0.389 e. The van der Waals surface area contributed by atoms with Gasteiger partial charge in [0.15, 0.2) is 0 Å². The number of rotatable bonds is 5.